The second-order valence-electron chi connectivity index (χ2n) is 8.88. The number of hydroxylamine groups is 1. The number of nitrogens with zero attached hydrogens (tertiary/aromatic N) is 5. The first-order valence-electron chi connectivity index (χ1n) is 11.6. The largest absolute Gasteiger partial charge is 0.338 e. The lowest BCUT2D eigenvalue weighted by Gasteiger charge is -2.34. The van der Waals surface area contributed by atoms with E-state index in [1.165, 1.54) is 27.7 Å². The summed E-state index contributed by atoms with van der Waals surface area (Å²) < 4.78 is 27.9. The van der Waals surface area contributed by atoms with Crippen molar-refractivity contribution in [3.63, 3.8) is 0 Å². The minimum absolute atomic E-state index is 0.131. The predicted molar refractivity (Wildman–Crippen MR) is 136 cm³/mol. The van der Waals surface area contributed by atoms with E-state index in [1.54, 1.807) is 12.1 Å². The third kappa shape index (κ3) is 5.88. The molecule has 0 atom stereocenters. The van der Waals surface area contributed by atoms with Gasteiger partial charge in [-0.2, -0.15) is 4.31 Å². The number of carbonyl (C=O) groups is 1. The van der Waals surface area contributed by atoms with Crippen molar-refractivity contribution in [2.24, 2.45) is 0 Å². The van der Waals surface area contributed by atoms with Crippen LogP contribution in [-0.4, -0.2) is 85.5 Å². The minimum atomic E-state index is -3.63. The zero-order chi connectivity index (χ0) is 25.7. The van der Waals surface area contributed by atoms with E-state index >= 15 is 0 Å². The van der Waals surface area contributed by atoms with Gasteiger partial charge in [0.15, 0.2) is 0 Å². The first-order valence-corrected chi connectivity index (χ1v) is 13.1. The molecule has 4 rings (SSSR count). The van der Waals surface area contributed by atoms with Gasteiger partial charge in [0, 0.05) is 45.1 Å². The number of carbonyl (C=O) groups excluding carboxylic acids is 1. The summed E-state index contributed by atoms with van der Waals surface area (Å²) in [4.78, 5) is 24.0. The first-order chi connectivity index (χ1) is 17.3. The number of benzene rings is 2. The molecule has 1 saturated heterocycles. The van der Waals surface area contributed by atoms with Gasteiger partial charge in [-0.3, -0.25) is 10.0 Å². The van der Waals surface area contributed by atoms with Crippen LogP contribution in [0.2, 0.25) is 0 Å². The maximum absolute atomic E-state index is 13.2. The molecule has 3 aromatic rings. The summed E-state index contributed by atoms with van der Waals surface area (Å²) >= 11 is 0. The van der Waals surface area contributed by atoms with Gasteiger partial charge in [0.05, 0.1) is 10.5 Å². The van der Waals surface area contributed by atoms with Gasteiger partial charge in [0.1, 0.15) is 0 Å². The third-order valence-electron chi connectivity index (χ3n) is 6.12. The van der Waals surface area contributed by atoms with Crippen LogP contribution in [0.1, 0.15) is 15.9 Å². The van der Waals surface area contributed by atoms with Crippen molar-refractivity contribution in [2.75, 3.05) is 51.7 Å². The molecule has 10 nitrogen and oxygen atoms in total. The van der Waals surface area contributed by atoms with Gasteiger partial charge in [0.2, 0.25) is 16.0 Å². The Kier molecular flexibility index (Phi) is 7.94. The highest BCUT2D eigenvalue weighted by Crippen LogP contribution is 2.25. The van der Waals surface area contributed by atoms with Gasteiger partial charge in [-0.05, 0) is 49.3 Å². The average Bonchev–Trinajstić information content (AvgIpc) is 2.92. The molecule has 2 N–H and O–H groups in total. The van der Waals surface area contributed by atoms with Crippen molar-refractivity contribution in [2.45, 2.75) is 11.3 Å². The van der Waals surface area contributed by atoms with Crippen LogP contribution >= 0.6 is 0 Å². The van der Waals surface area contributed by atoms with Crippen molar-refractivity contribution in [1.29, 1.82) is 0 Å². The zero-order valence-electron chi connectivity index (χ0n) is 20.3. The summed E-state index contributed by atoms with van der Waals surface area (Å²) in [6.07, 6.45) is 3.58. The lowest BCUT2D eigenvalue weighted by Crippen LogP contribution is -2.49. The molecule has 1 aromatic heterocycles. The predicted octanol–water partition coefficient (Wildman–Crippen LogP) is 1.88. The number of sulfonamides is 1. The molecule has 1 fully saturated rings. The molecule has 11 heteroatoms. The van der Waals surface area contributed by atoms with Gasteiger partial charge in [-0.15, -0.1) is 0 Å². The fourth-order valence-electron chi connectivity index (χ4n) is 4.02. The molecule has 0 aliphatic carbocycles. The van der Waals surface area contributed by atoms with Crippen LogP contribution in [0.4, 0.5) is 5.95 Å². The van der Waals surface area contributed by atoms with Gasteiger partial charge >= 0.3 is 0 Å². The van der Waals surface area contributed by atoms with E-state index in [0.29, 0.717) is 32.1 Å². The fourth-order valence-corrected chi connectivity index (χ4v) is 5.44. The van der Waals surface area contributed by atoms with Gasteiger partial charge in [-0.1, -0.05) is 36.4 Å². The second-order valence-corrected chi connectivity index (χ2v) is 10.8. The lowest BCUT2D eigenvalue weighted by atomic mass is 10.0. The fraction of sp³-hybridized carbons (Fsp3) is 0.320. The number of nitrogens with one attached hydrogen (secondary N) is 1. The number of hydrogen-bond donors (Lipinski definition) is 2. The van der Waals surface area contributed by atoms with Crippen LogP contribution in [0.3, 0.4) is 0 Å². The van der Waals surface area contributed by atoms with E-state index in [-0.39, 0.29) is 10.5 Å². The Morgan fingerprint density at radius 3 is 2.28 bits per heavy atom. The molecule has 2 aromatic carbocycles. The van der Waals surface area contributed by atoms with Crippen LogP contribution < -0.4 is 10.4 Å². The Morgan fingerprint density at radius 1 is 1.00 bits per heavy atom. The molecule has 1 amide bonds. The number of anilines is 1. The lowest BCUT2D eigenvalue weighted by molar-refractivity contribution is 0.0705. The average molecular weight is 511 g/mol. The number of piperazine rings is 1. The summed E-state index contributed by atoms with van der Waals surface area (Å²) in [5.74, 6) is -0.292. The molecule has 1 aliphatic rings. The maximum atomic E-state index is 13.2. The van der Waals surface area contributed by atoms with E-state index in [2.05, 4.69) is 41.1 Å². The Bertz CT molecular complexity index is 1290. The van der Waals surface area contributed by atoms with E-state index in [4.69, 9.17) is 5.21 Å². The number of rotatable bonds is 8. The number of hydrogen-bond acceptors (Lipinski definition) is 8. The molecule has 0 saturated carbocycles. The molecule has 0 unspecified atom stereocenters. The molecule has 36 heavy (non-hydrogen) atoms. The third-order valence-corrected chi connectivity index (χ3v) is 8.04. The Hall–Kier alpha value is -3.38. The van der Waals surface area contributed by atoms with Crippen molar-refractivity contribution in [3.05, 3.63) is 72.1 Å². The van der Waals surface area contributed by atoms with Gasteiger partial charge < -0.3 is 9.80 Å². The molecular formula is C25H30N6O4S. The van der Waals surface area contributed by atoms with Crippen molar-refractivity contribution in [3.8, 4) is 11.1 Å². The van der Waals surface area contributed by atoms with E-state index in [9.17, 15) is 13.2 Å². The van der Waals surface area contributed by atoms with Crippen LogP contribution in [-0.2, 0) is 16.4 Å². The highest BCUT2D eigenvalue weighted by molar-refractivity contribution is 7.89. The molecule has 1 aliphatic heterocycles. The molecule has 0 spiro atoms. The SMILES string of the molecule is CN(C)CCc1cccc(-c2ccc(S(=O)(=O)N3CCN(c4ncc(C(=O)NO)cn4)CC3)cc2)c1. The first kappa shape index (κ1) is 25.7. The van der Waals surface area contributed by atoms with Crippen LogP contribution in [0.25, 0.3) is 11.1 Å². The van der Waals surface area contributed by atoms with Crippen molar-refractivity contribution >= 4 is 21.9 Å². The number of amides is 1. The zero-order valence-corrected chi connectivity index (χ0v) is 21.1. The van der Waals surface area contributed by atoms with Crippen LogP contribution in [0, 0.1) is 0 Å². The normalized spacial score (nSPS) is 14.7. The summed E-state index contributed by atoms with van der Waals surface area (Å²) in [7, 11) is 0.466. The van der Waals surface area contributed by atoms with Gasteiger partial charge in [0.25, 0.3) is 5.91 Å². The molecule has 0 radical (unpaired) electrons. The summed E-state index contributed by atoms with van der Waals surface area (Å²) in [5, 5.41) is 8.70. The topological polar surface area (TPSA) is 119 Å². The molecular weight excluding hydrogens is 480 g/mol. The van der Waals surface area contributed by atoms with Crippen LogP contribution in [0.15, 0.2) is 65.8 Å². The quantitative estimate of drug-likeness (QED) is 0.348. The van der Waals surface area contributed by atoms with E-state index in [1.807, 2.05) is 29.2 Å². The standard InChI is InChI=1S/C25H30N6O4S/c1-29(2)11-10-19-4-3-5-21(16-19)20-6-8-23(9-7-20)36(34,35)31-14-12-30(13-15-31)25-26-17-22(18-27-25)24(32)28-33/h3-9,16-18,33H,10-15H2,1-2H3,(H,28,32). The Balaban J connectivity index is 1.40. The Labute approximate surface area is 211 Å². The van der Waals surface area contributed by atoms with Gasteiger partial charge in [-0.25, -0.2) is 23.9 Å². The second kappa shape index (κ2) is 11.1. The van der Waals surface area contributed by atoms with Crippen molar-refractivity contribution < 1.29 is 18.4 Å². The number of aromatic nitrogens is 2. The van der Waals surface area contributed by atoms with Crippen molar-refractivity contribution in [1.82, 2.24) is 24.7 Å². The van der Waals surface area contributed by atoms with Crippen LogP contribution in [0.5, 0.6) is 0 Å². The maximum Gasteiger partial charge on any atom is 0.277 e. The van der Waals surface area contributed by atoms with E-state index in [0.717, 1.165) is 24.1 Å². The van der Waals surface area contributed by atoms with E-state index < -0.39 is 15.9 Å². The molecule has 0 bridgehead atoms. The highest BCUT2D eigenvalue weighted by Gasteiger charge is 2.29. The summed E-state index contributed by atoms with van der Waals surface area (Å²) in [6, 6.07) is 15.4. The Morgan fingerprint density at radius 2 is 1.67 bits per heavy atom. The molecule has 190 valence electrons. The smallest absolute Gasteiger partial charge is 0.277 e. The number of likely N-dealkylation sites (N-methyl/N-ethyl adjacent to an activating group) is 1. The summed E-state index contributed by atoms with van der Waals surface area (Å²) in [6.45, 7) is 2.39. The monoisotopic (exact) mass is 510 g/mol. The minimum Gasteiger partial charge on any atom is -0.338 e. The highest BCUT2D eigenvalue weighted by atomic mass is 32.2. The summed E-state index contributed by atoms with van der Waals surface area (Å²) in [5.41, 5.74) is 4.94. The molecule has 2 heterocycles.